The zero-order valence-electron chi connectivity index (χ0n) is 18.1. The average Bonchev–Trinajstić information content (AvgIpc) is 3.27. The summed E-state index contributed by atoms with van der Waals surface area (Å²) in [6.07, 6.45) is 5.63. The minimum Gasteiger partial charge on any atom is -0.496 e. The highest BCUT2D eigenvalue weighted by atomic mass is 19.1. The number of pyridine rings is 2. The van der Waals surface area contributed by atoms with Gasteiger partial charge in [0, 0.05) is 30.7 Å². The average molecular weight is 433 g/mol. The number of nitrogens with zero attached hydrogens (tertiary/aromatic N) is 5. The van der Waals surface area contributed by atoms with Gasteiger partial charge in [-0.1, -0.05) is 12.1 Å². The molecule has 8 heteroatoms. The third-order valence-corrected chi connectivity index (χ3v) is 6.07. The summed E-state index contributed by atoms with van der Waals surface area (Å²) < 4.78 is 21.8. The largest absolute Gasteiger partial charge is 0.496 e. The van der Waals surface area contributed by atoms with Gasteiger partial charge in [0.05, 0.1) is 30.1 Å². The lowest BCUT2D eigenvalue weighted by atomic mass is 10.1. The molecule has 1 aliphatic rings. The molecule has 0 radical (unpaired) electrons. The van der Waals surface area contributed by atoms with Crippen molar-refractivity contribution in [2.75, 3.05) is 32.1 Å². The Morgan fingerprint density at radius 2 is 1.84 bits per heavy atom. The summed E-state index contributed by atoms with van der Waals surface area (Å²) >= 11 is 0. The molecular weight excluding hydrogens is 407 g/mol. The van der Waals surface area contributed by atoms with Crippen LogP contribution in [-0.4, -0.2) is 53.0 Å². The number of hydrogen-bond donors (Lipinski definition) is 1. The zero-order valence-corrected chi connectivity index (χ0v) is 18.1. The van der Waals surface area contributed by atoms with E-state index in [4.69, 9.17) is 9.72 Å². The molecule has 0 atom stereocenters. The van der Waals surface area contributed by atoms with Crippen LogP contribution in [0, 0.1) is 5.82 Å². The summed E-state index contributed by atoms with van der Waals surface area (Å²) in [5, 5.41) is 8.75. The topological polar surface area (TPSA) is 68.1 Å². The van der Waals surface area contributed by atoms with Crippen LogP contribution in [0.4, 0.5) is 10.2 Å². The van der Waals surface area contributed by atoms with Crippen LogP contribution < -0.4 is 15.0 Å². The minimum atomic E-state index is -0.382. The maximum atomic E-state index is 14.6. The molecule has 0 aliphatic carbocycles. The van der Waals surface area contributed by atoms with E-state index in [0.717, 1.165) is 42.7 Å². The molecule has 1 saturated heterocycles. The molecule has 5 rings (SSSR count). The number of methoxy groups -OCH3 is 1. The van der Waals surface area contributed by atoms with Crippen LogP contribution in [0.25, 0.3) is 28.0 Å². The normalized spacial score (nSPS) is 14.8. The van der Waals surface area contributed by atoms with Crippen molar-refractivity contribution in [3.8, 4) is 22.8 Å². The molecule has 0 unspecified atom stereocenters. The van der Waals surface area contributed by atoms with Crippen molar-refractivity contribution >= 4 is 16.7 Å². The number of halogens is 1. The Balaban J connectivity index is 1.53. The minimum absolute atomic E-state index is 0.332. The van der Waals surface area contributed by atoms with Crippen LogP contribution in [-0.2, 0) is 0 Å². The fraction of sp³-hybridized carbons (Fsp3) is 0.292. The first-order chi connectivity index (χ1) is 15.7. The lowest BCUT2D eigenvalue weighted by Gasteiger charge is -2.32. The third kappa shape index (κ3) is 3.67. The summed E-state index contributed by atoms with van der Waals surface area (Å²) in [7, 11) is 3.54. The molecule has 7 nitrogen and oxygen atoms in total. The number of anilines is 1. The Labute approximate surface area is 185 Å². The molecule has 1 fully saturated rings. The van der Waals surface area contributed by atoms with Gasteiger partial charge in [-0.3, -0.25) is 4.98 Å². The van der Waals surface area contributed by atoms with Crippen LogP contribution in [0.5, 0.6) is 5.75 Å². The van der Waals surface area contributed by atoms with Crippen LogP contribution in [0.3, 0.4) is 0 Å². The molecule has 3 aromatic heterocycles. The van der Waals surface area contributed by atoms with Gasteiger partial charge < -0.3 is 15.0 Å². The van der Waals surface area contributed by atoms with Crippen molar-refractivity contribution in [1.82, 2.24) is 25.1 Å². The van der Waals surface area contributed by atoms with E-state index in [0.29, 0.717) is 28.9 Å². The van der Waals surface area contributed by atoms with Gasteiger partial charge in [0.25, 0.3) is 0 Å². The number of hydrogen-bond acceptors (Lipinski definition) is 6. The first kappa shape index (κ1) is 20.4. The molecular formula is C24H25FN6O. The Morgan fingerprint density at radius 1 is 1.06 bits per heavy atom. The summed E-state index contributed by atoms with van der Waals surface area (Å²) in [5.41, 5.74) is 1.62. The van der Waals surface area contributed by atoms with Gasteiger partial charge in [0.1, 0.15) is 17.4 Å². The highest BCUT2D eigenvalue weighted by molar-refractivity contribution is 5.84. The van der Waals surface area contributed by atoms with Gasteiger partial charge in [-0.25, -0.2) is 14.1 Å². The Hall–Kier alpha value is -3.52. The fourth-order valence-corrected chi connectivity index (χ4v) is 4.27. The van der Waals surface area contributed by atoms with Gasteiger partial charge in [0.2, 0.25) is 0 Å². The molecule has 32 heavy (non-hydrogen) atoms. The lowest BCUT2D eigenvalue weighted by Crippen LogP contribution is -2.41. The number of benzene rings is 1. The second kappa shape index (κ2) is 8.55. The smallest absolute Gasteiger partial charge is 0.156 e. The van der Waals surface area contributed by atoms with Crippen molar-refractivity contribution in [1.29, 1.82) is 0 Å². The Bertz CT molecular complexity index is 1250. The molecule has 1 aromatic carbocycles. The van der Waals surface area contributed by atoms with E-state index in [9.17, 15) is 4.39 Å². The summed E-state index contributed by atoms with van der Waals surface area (Å²) in [6, 6.07) is 13.1. The molecule has 164 valence electrons. The van der Waals surface area contributed by atoms with Gasteiger partial charge in [0.15, 0.2) is 5.82 Å². The molecule has 4 aromatic rings. The quantitative estimate of drug-likeness (QED) is 0.517. The van der Waals surface area contributed by atoms with Crippen molar-refractivity contribution in [2.45, 2.75) is 18.9 Å². The number of piperidine rings is 1. The monoisotopic (exact) mass is 432 g/mol. The number of nitrogens with one attached hydrogen (secondary N) is 1. The van der Waals surface area contributed by atoms with Crippen LogP contribution >= 0.6 is 0 Å². The molecule has 0 amide bonds. The molecule has 0 saturated carbocycles. The highest BCUT2D eigenvalue weighted by Gasteiger charge is 2.20. The summed E-state index contributed by atoms with van der Waals surface area (Å²) in [5.74, 6) is 1.71. The van der Waals surface area contributed by atoms with Gasteiger partial charge in [-0.2, -0.15) is 5.10 Å². The summed E-state index contributed by atoms with van der Waals surface area (Å²) in [6.45, 7) is 1.92. The number of fused-ring (bicyclic) bond motifs is 1. The maximum absolute atomic E-state index is 14.6. The predicted octanol–water partition coefficient (Wildman–Crippen LogP) is 3.82. The van der Waals surface area contributed by atoms with E-state index in [1.165, 1.54) is 13.2 Å². The second-order valence-corrected chi connectivity index (χ2v) is 7.91. The summed E-state index contributed by atoms with van der Waals surface area (Å²) in [4.78, 5) is 11.6. The van der Waals surface area contributed by atoms with Gasteiger partial charge in [-0.15, -0.1) is 0 Å². The number of ether oxygens (including phenoxy) is 1. The number of aromatic nitrogens is 4. The van der Waals surface area contributed by atoms with Crippen LogP contribution in [0.2, 0.25) is 0 Å². The van der Waals surface area contributed by atoms with Crippen LogP contribution in [0.15, 0.2) is 54.9 Å². The van der Waals surface area contributed by atoms with Crippen molar-refractivity contribution in [3.05, 3.63) is 60.7 Å². The van der Waals surface area contributed by atoms with E-state index < -0.39 is 0 Å². The predicted molar refractivity (Wildman–Crippen MR) is 123 cm³/mol. The highest BCUT2D eigenvalue weighted by Crippen LogP contribution is 2.33. The maximum Gasteiger partial charge on any atom is 0.156 e. The molecule has 0 spiro atoms. The SMILES string of the molecule is CNC1CCN(c2cccc(-n3ncc4cnc(-c5c(F)cccc5OC)cc43)n2)CC1. The van der Waals surface area contributed by atoms with Crippen molar-refractivity contribution in [2.24, 2.45) is 0 Å². The Kier molecular flexibility index (Phi) is 5.45. The van der Waals surface area contributed by atoms with E-state index in [-0.39, 0.29) is 5.82 Å². The molecule has 1 aliphatic heterocycles. The van der Waals surface area contributed by atoms with Gasteiger partial charge >= 0.3 is 0 Å². The first-order valence-corrected chi connectivity index (χ1v) is 10.7. The second-order valence-electron chi connectivity index (χ2n) is 7.91. The Morgan fingerprint density at radius 3 is 2.62 bits per heavy atom. The zero-order chi connectivity index (χ0) is 22.1. The standard InChI is InChI=1S/C24H25FN6O/c1-26-17-9-11-30(12-10-17)22-7-4-8-23(29-22)31-20-13-19(27-14-16(20)15-28-31)24-18(25)5-3-6-21(24)32-2/h3-8,13-15,17,26H,9-12H2,1-2H3. The third-order valence-electron chi connectivity index (χ3n) is 6.07. The number of rotatable bonds is 5. The van der Waals surface area contributed by atoms with Crippen molar-refractivity contribution < 1.29 is 9.13 Å². The lowest BCUT2D eigenvalue weighted by molar-refractivity contribution is 0.413. The first-order valence-electron chi connectivity index (χ1n) is 10.7. The molecule has 1 N–H and O–H groups in total. The van der Waals surface area contributed by atoms with E-state index in [2.05, 4.69) is 20.3 Å². The molecule has 0 bridgehead atoms. The van der Waals surface area contributed by atoms with Crippen LogP contribution in [0.1, 0.15) is 12.8 Å². The van der Waals surface area contributed by atoms with Gasteiger partial charge in [-0.05, 0) is 50.2 Å². The molecule has 4 heterocycles. The fourth-order valence-electron chi connectivity index (χ4n) is 4.27. The van der Waals surface area contributed by atoms with Crippen molar-refractivity contribution in [3.63, 3.8) is 0 Å². The van der Waals surface area contributed by atoms with E-state index >= 15 is 0 Å². The van der Waals surface area contributed by atoms with E-state index in [1.807, 2.05) is 31.3 Å². The van der Waals surface area contributed by atoms with E-state index in [1.54, 1.807) is 29.2 Å².